The van der Waals surface area contributed by atoms with Crippen LogP contribution >= 0.6 is 0 Å². The van der Waals surface area contributed by atoms with E-state index in [9.17, 15) is 22.0 Å². The molecule has 0 atom stereocenters. The molecule has 5 rings (SSSR count). The van der Waals surface area contributed by atoms with Crippen LogP contribution in [0, 0.1) is 5.41 Å². The van der Waals surface area contributed by atoms with E-state index in [2.05, 4.69) is 20.3 Å². The van der Waals surface area contributed by atoms with Gasteiger partial charge < -0.3 is 15.5 Å². The molecule has 206 valence electrons. The summed E-state index contributed by atoms with van der Waals surface area (Å²) >= 11 is 0. The highest BCUT2D eigenvalue weighted by Gasteiger charge is 2.46. The van der Waals surface area contributed by atoms with Crippen LogP contribution in [0.2, 0.25) is 0 Å². The number of rotatable bonds is 7. The van der Waals surface area contributed by atoms with Crippen molar-refractivity contribution in [3.63, 3.8) is 0 Å². The monoisotopic (exact) mass is 547 g/mol. The van der Waals surface area contributed by atoms with E-state index < -0.39 is 27.4 Å². The molecular weight excluding hydrogens is 512 g/mol. The zero-order valence-corrected chi connectivity index (χ0v) is 22.8. The zero-order chi connectivity index (χ0) is 27.3. The number of nitrogens with zero attached hydrogens (tertiary/aromatic N) is 2. The number of pyridine rings is 1. The van der Waals surface area contributed by atoms with E-state index in [-0.39, 0.29) is 23.8 Å². The van der Waals surface area contributed by atoms with Gasteiger partial charge >= 0.3 is 0 Å². The molecule has 0 radical (unpaired) electrons. The molecule has 2 heterocycles. The molecule has 1 amide bonds. The lowest BCUT2D eigenvalue weighted by Gasteiger charge is -2.36. The van der Waals surface area contributed by atoms with E-state index >= 15 is 0 Å². The maximum absolute atomic E-state index is 13.4. The van der Waals surface area contributed by atoms with Gasteiger partial charge in [0.25, 0.3) is 11.8 Å². The van der Waals surface area contributed by atoms with Gasteiger partial charge in [-0.05, 0) is 82.2 Å². The second-order valence-corrected chi connectivity index (χ2v) is 13.7. The van der Waals surface area contributed by atoms with Gasteiger partial charge in [0.15, 0.2) is 0 Å². The fraction of sp³-hybridized carbons (Fsp3) is 0.556. The number of nitrogens with one attached hydrogen (secondary N) is 3. The van der Waals surface area contributed by atoms with E-state index in [1.165, 1.54) is 25.0 Å². The van der Waals surface area contributed by atoms with Gasteiger partial charge in [-0.2, -0.15) is 0 Å². The number of benzene rings is 1. The smallest absolute Gasteiger partial charge is 0.259 e. The summed E-state index contributed by atoms with van der Waals surface area (Å²) in [5, 5.41) is 5.89. The summed E-state index contributed by atoms with van der Waals surface area (Å²) in [5.74, 6) is -2.09. The Balaban J connectivity index is 1.37. The summed E-state index contributed by atoms with van der Waals surface area (Å²) in [6, 6.07) is 9.03. The predicted molar refractivity (Wildman–Crippen MR) is 143 cm³/mol. The van der Waals surface area contributed by atoms with Crippen molar-refractivity contribution in [2.45, 2.75) is 81.7 Å². The molecule has 3 aliphatic rings. The summed E-state index contributed by atoms with van der Waals surface area (Å²) in [6.07, 6.45) is 4.07. The summed E-state index contributed by atoms with van der Waals surface area (Å²) in [4.78, 5) is 20.3. The molecule has 38 heavy (non-hydrogen) atoms. The number of hydrogen-bond donors (Lipinski definition) is 3. The molecule has 1 spiro atoms. The van der Waals surface area contributed by atoms with Crippen molar-refractivity contribution < 1.29 is 22.0 Å². The third-order valence-electron chi connectivity index (χ3n) is 7.49. The number of carbonyl (C=O) groups excluding carboxylic acids is 1. The highest BCUT2D eigenvalue weighted by molar-refractivity contribution is 7.89. The fourth-order valence-corrected chi connectivity index (χ4v) is 6.65. The second-order valence-electron chi connectivity index (χ2n) is 12.0. The molecule has 2 aliphatic carbocycles. The van der Waals surface area contributed by atoms with Crippen LogP contribution in [0.25, 0.3) is 0 Å². The topological polar surface area (TPSA) is 103 Å². The van der Waals surface area contributed by atoms with Crippen LogP contribution in [-0.2, 0) is 10.0 Å². The molecule has 3 N–H and O–H groups in total. The minimum Gasteiger partial charge on any atom is -0.367 e. The summed E-state index contributed by atoms with van der Waals surface area (Å²) in [5.41, 5.74) is 0.464. The lowest BCUT2D eigenvalue weighted by Crippen LogP contribution is -2.44. The Bertz CT molecular complexity index is 1320. The van der Waals surface area contributed by atoms with Gasteiger partial charge in [0.1, 0.15) is 11.6 Å². The van der Waals surface area contributed by atoms with E-state index in [1.807, 2.05) is 0 Å². The Morgan fingerprint density at radius 1 is 1.05 bits per heavy atom. The molecule has 2 aromatic rings. The highest BCUT2D eigenvalue weighted by atomic mass is 32.2. The normalized spacial score (nSPS) is 20.6. The maximum Gasteiger partial charge on any atom is 0.259 e. The maximum atomic E-state index is 13.4. The van der Waals surface area contributed by atoms with Gasteiger partial charge in [-0.15, -0.1) is 0 Å². The Morgan fingerprint density at radius 2 is 1.74 bits per heavy atom. The molecule has 2 saturated carbocycles. The van der Waals surface area contributed by atoms with Crippen LogP contribution in [-0.4, -0.2) is 49.9 Å². The van der Waals surface area contributed by atoms with Gasteiger partial charge in [-0.25, -0.2) is 26.9 Å². The number of piperidine rings is 1. The average molecular weight is 548 g/mol. The number of anilines is 3. The number of hydrogen-bond acceptors (Lipinski definition) is 6. The Kier molecular flexibility index (Phi) is 6.66. The van der Waals surface area contributed by atoms with Gasteiger partial charge in [0.05, 0.1) is 10.5 Å². The minimum absolute atomic E-state index is 0.0474. The van der Waals surface area contributed by atoms with Gasteiger partial charge in [-0.1, -0.05) is 6.07 Å². The first-order valence-corrected chi connectivity index (χ1v) is 14.6. The van der Waals surface area contributed by atoms with Crippen molar-refractivity contribution in [2.75, 3.05) is 28.6 Å². The first-order valence-electron chi connectivity index (χ1n) is 13.1. The molecule has 3 fully saturated rings. The molecule has 0 bridgehead atoms. The molecule has 11 heteroatoms. The largest absolute Gasteiger partial charge is 0.367 e. The number of alkyl halides is 2. The lowest BCUT2D eigenvalue weighted by molar-refractivity contribution is -0.0794. The van der Waals surface area contributed by atoms with Gasteiger partial charge in [0.2, 0.25) is 10.0 Å². The number of sulfonamides is 1. The molecule has 1 saturated heterocycles. The number of halogens is 2. The predicted octanol–water partition coefficient (Wildman–Crippen LogP) is 5.00. The molecule has 1 aromatic heterocycles. The molecule has 1 aliphatic heterocycles. The van der Waals surface area contributed by atoms with Crippen LogP contribution < -0.4 is 20.3 Å². The Labute approximate surface area is 222 Å². The fourth-order valence-electron chi connectivity index (χ4n) is 5.19. The summed E-state index contributed by atoms with van der Waals surface area (Å²) in [6.45, 7) is 6.80. The van der Waals surface area contributed by atoms with Crippen molar-refractivity contribution in [1.82, 2.24) is 9.71 Å². The molecule has 1 aromatic carbocycles. The first-order chi connectivity index (χ1) is 17.7. The molecule has 8 nitrogen and oxygen atoms in total. The zero-order valence-electron chi connectivity index (χ0n) is 22.0. The third-order valence-corrected chi connectivity index (χ3v) is 9.24. The Hall–Kier alpha value is -2.79. The molecular formula is C27H35F2N5O3S. The number of aromatic nitrogens is 1. The minimum atomic E-state index is -3.78. The van der Waals surface area contributed by atoms with Gasteiger partial charge in [-0.3, -0.25) is 4.79 Å². The SMILES string of the molecule is CC(C)(C)NS(=O)(=O)c1cccc(NC(=O)c2ccc(NC3CC(F)(F)C3)nc2N2CCC3(CC2)CC3)c1. The van der Waals surface area contributed by atoms with Gasteiger partial charge in [0, 0.05) is 43.2 Å². The summed E-state index contributed by atoms with van der Waals surface area (Å²) in [7, 11) is -3.78. The number of amides is 1. The Morgan fingerprint density at radius 3 is 2.34 bits per heavy atom. The third kappa shape index (κ3) is 6.09. The second kappa shape index (κ2) is 9.44. The van der Waals surface area contributed by atoms with E-state index in [1.54, 1.807) is 45.0 Å². The van der Waals surface area contributed by atoms with Crippen molar-refractivity contribution in [3.05, 3.63) is 42.0 Å². The van der Waals surface area contributed by atoms with Crippen molar-refractivity contribution in [2.24, 2.45) is 5.41 Å². The van der Waals surface area contributed by atoms with Crippen molar-refractivity contribution >= 4 is 33.3 Å². The van der Waals surface area contributed by atoms with Crippen LogP contribution in [0.15, 0.2) is 41.3 Å². The van der Waals surface area contributed by atoms with Crippen LogP contribution in [0.3, 0.4) is 0 Å². The van der Waals surface area contributed by atoms with E-state index in [0.717, 1.165) is 25.9 Å². The summed E-state index contributed by atoms with van der Waals surface area (Å²) < 4.78 is 54.8. The average Bonchev–Trinajstić information content (AvgIpc) is 3.55. The van der Waals surface area contributed by atoms with Crippen LogP contribution in [0.4, 0.5) is 26.1 Å². The van der Waals surface area contributed by atoms with Crippen LogP contribution in [0.5, 0.6) is 0 Å². The van der Waals surface area contributed by atoms with E-state index in [0.29, 0.717) is 28.3 Å². The molecule has 0 unspecified atom stereocenters. The van der Waals surface area contributed by atoms with Crippen molar-refractivity contribution in [3.8, 4) is 0 Å². The van der Waals surface area contributed by atoms with E-state index in [4.69, 9.17) is 4.98 Å². The first kappa shape index (κ1) is 26.8. The standard InChI is InChI=1S/C27H35F2N5O3S/c1-25(2,3)33-38(36,37)20-6-4-5-18(15-20)31-24(35)21-7-8-22(30-19-16-27(28,29)17-19)32-23(21)34-13-11-26(9-10-26)12-14-34/h4-8,15,19,33H,9-14,16-17H2,1-3H3,(H,30,32)(H,31,35). The van der Waals surface area contributed by atoms with Crippen molar-refractivity contribution in [1.29, 1.82) is 0 Å². The quantitative estimate of drug-likeness (QED) is 0.451. The highest BCUT2D eigenvalue weighted by Crippen LogP contribution is 2.54. The van der Waals surface area contributed by atoms with Crippen LogP contribution in [0.1, 0.15) is 69.7 Å². The number of carbonyl (C=O) groups is 1. The lowest BCUT2D eigenvalue weighted by atomic mass is 9.88.